The molecular formula is C17H17N2O3S2-. The Labute approximate surface area is 150 Å². The number of amides is 1. The van der Waals surface area contributed by atoms with Crippen LogP contribution in [-0.4, -0.2) is 40.7 Å². The number of thiocarbonyl (C=S) groups is 1. The van der Waals surface area contributed by atoms with Gasteiger partial charge in [0.15, 0.2) is 0 Å². The third-order valence-corrected chi connectivity index (χ3v) is 5.45. The number of thioether (sulfide) groups is 1. The lowest BCUT2D eigenvalue weighted by Crippen LogP contribution is -2.40. The Bertz CT molecular complexity index is 694. The molecule has 7 heteroatoms. The standard InChI is InChI=1S/C17H18N2O3S2/c20-15(21)11-19-16(22)14(24-17(19)23)10-12-4-6-13(7-5-12)18-8-2-1-3-9-18/h4-7,10H,1-3,8-9,11H2,(H,20,21)/p-1/b14-10-. The van der Waals surface area contributed by atoms with Crippen LogP contribution in [0, 0.1) is 0 Å². The van der Waals surface area contributed by atoms with Crippen LogP contribution in [0.4, 0.5) is 5.69 Å². The number of benzene rings is 1. The molecule has 2 aliphatic heterocycles. The van der Waals surface area contributed by atoms with Crippen LogP contribution in [0.3, 0.4) is 0 Å². The van der Waals surface area contributed by atoms with Crippen molar-refractivity contribution in [3.63, 3.8) is 0 Å². The molecule has 3 rings (SSSR count). The minimum absolute atomic E-state index is 0.250. The molecule has 1 aromatic rings. The second kappa shape index (κ2) is 7.36. The Morgan fingerprint density at radius 2 is 1.88 bits per heavy atom. The predicted molar refractivity (Wildman–Crippen MR) is 97.4 cm³/mol. The fourth-order valence-corrected chi connectivity index (χ4v) is 4.11. The van der Waals surface area contributed by atoms with Crippen molar-refractivity contribution >= 4 is 51.9 Å². The van der Waals surface area contributed by atoms with Crippen molar-refractivity contribution in [2.45, 2.75) is 19.3 Å². The molecule has 0 saturated carbocycles. The molecule has 0 atom stereocenters. The third kappa shape index (κ3) is 3.79. The van der Waals surface area contributed by atoms with E-state index >= 15 is 0 Å². The first-order valence-electron chi connectivity index (χ1n) is 7.85. The van der Waals surface area contributed by atoms with Gasteiger partial charge in [-0.25, -0.2) is 0 Å². The predicted octanol–water partition coefficient (Wildman–Crippen LogP) is 1.63. The van der Waals surface area contributed by atoms with Gasteiger partial charge < -0.3 is 14.8 Å². The second-order valence-electron chi connectivity index (χ2n) is 5.78. The average molecular weight is 361 g/mol. The summed E-state index contributed by atoms with van der Waals surface area (Å²) >= 11 is 6.18. The number of carboxylic acid groups (broad SMARTS) is 1. The molecule has 1 aromatic carbocycles. The van der Waals surface area contributed by atoms with Gasteiger partial charge in [-0.3, -0.25) is 9.69 Å². The summed E-state index contributed by atoms with van der Waals surface area (Å²) in [5.41, 5.74) is 2.08. The molecule has 2 fully saturated rings. The smallest absolute Gasteiger partial charge is 0.266 e. The molecule has 0 spiro atoms. The molecule has 2 heterocycles. The molecule has 0 aliphatic carbocycles. The number of hydrogen-bond acceptors (Lipinski definition) is 6. The van der Waals surface area contributed by atoms with E-state index in [1.807, 2.05) is 12.1 Å². The lowest BCUT2D eigenvalue weighted by molar-refractivity contribution is -0.305. The lowest BCUT2D eigenvalue weighted by atomic mass is 10.1. The molecule has 24 heavy (non-hydrogen) atoms. The lowest BCUT2D eigenvalue weighted by Gasteiger charge is -2.28. The number of nitrogens with zero attached hydrogens (tertiary/aromatic N) is 2. The van der Waals surface area contributed by atoms with Crippen LogP contribution in [0.2, 0.25) is 0 Å². The molecule has 0 bridgehead atoms. The van der Waals surface area contributed by atoms with Gasteiger partial charge in [0, 0.05) is 18.8 Å². The fourth-order valence-electron chi connectivity index (χ4n) is 2.85. The van der Waals surface area contributed by atoms with Gasteiger partial charge in [0.1, 0.15) is 4.32 Å². The Morgan fingerprint density at radius 1 is 1.21 bits per heavy atom. The van der Waals surface area contributed by atoms with E-state index in [9.17, 15) is 14.7 Å². The maximum atomic E-state index is 12.2. The van der Waals surface area contributed by atoms with E-state index < -0.39 is 12.5 Å². The van der Waals surface area contributed by atoms with Crippen LogP contribution in [-0.2, 0) is 9.59 Å². The van der Waals surface area contributed by atoms with E-state index in [4.69, 9.17) is 12.2 Å². The van der Waals surface area contributed by atoms with Crippen LogP contribution < -0.4 is 10.0 Å². The summed E-state index contributed by atoms with van der Waals surface area (Å²) in [5.74, 6) is -1.70. The van der Waals surface area contributed by atoms with Crippen LogP contribution >= 0.6 is 24.0 Å². The number of aliphatic carboxylic acids is 1. The summed E-state index contributed by atoms with van der Waals surface area (Å²) in [6, 6.07) is 8.04. The van der Waals surface area contributed by atoms with Crippen molar-refractivity contribution < 1.29 is 14.7 Å². The zero-order valence-corrected chi connectivity index (χ0v) is 14.7. The van der Waals surface area contributed by atoms with Crippen LogP contribution in [0.1, 0.15) is 24.8 Å². The zero-order valence-electron chi connectivity index (χ0n) is 13.1. The molecular weight excluding hydrogens is 344 g/mol. The molecule has 126 valence electrons. The summed E-state index contributed by atoms with van der Waals surface area (Å²) in [6.45, 7) is 1.67. The van der Waals surface area contributed by atoms with Gasteiger partial charge in [-0.2, -0.15) is 0 Å². The molecule has 0 radical (unpaired) electrons. The van der Waals surface area contributed by atoms with Gasteiger partial charge in [-0.05, 0) is 43.0 Å². The van der Waals surface area contributed by atoms with Gasteiger partial charge in [-0.1, -0.05) is 36.1 Å². The van der Waals surface area contributed by atoms with E-state index in [0.29, 0.717) is 4.91 Å². The normalized spacial score (nSPS) is 20.1. The molecule has 0 aromatic heterocycles. The second-order valence-corrected chi connectivity index (χ2v) is 7.45. The van der Waals surface area contributed by atoms with Gasteiger partial charge >= 0.3 is 0 Å². The Hall–Kier alpha value is -1.86. The molecule has 5 nitrogen and oxygen atoms in total. The zero-order chi connectivity index (χ0) is 17.1. The van der Waals surface area contributed by atoms with Crippen LogP contribution in [0.25, 0.3) is 6.08 Å². The maximum Gasteiger partial charge on any atom is 0.266 e. The fraction of sp³-hybridized carbons (Fsp3) is 0.353. The van der Waals surface area contributed by atoms with E-state index in [2.05, 4.69) is 17.0 Å². The first kappa shape index (κ1) is 17.0. The summed E-state index contributed by atoms with van der Waals surface area (Å²) < 4.78 is 0.250. The SMILES string of the molecule is O=C([O-])CN1C(=O)/C(=C/c2ccc(N3CCCCC3)cc2)SC1=S. The van der Waals surface area contributed by atoms with Crippen molar-refractivity contribution in [2.75, 3.05) is 24.5 Å². The highest BCUT2D eigenvalue weighted by molar-refractivity contribution is 8.26. The number of rotatable bonds is 4. The molecule has 2 aliphatic rings. The highest BCUT2D eigenvalue weighted by atomic mass is 32.2. The third-order valence-electron chi connectivity index (χ3n) is 4.07. The summed E-state index contributed by atoms with van der Waals surface area (Å²) in [5, 5.41) is 10.7. The highest BCUT2D eigenvalue weighted by Gasteiger charge is 2.31. The van der Waals surface area contributed by atoms with Gasteiger partial charge in [0.2, 0.25) is 0 Å². The van der Waals surface area contributed by atoms with Crippen molar-refractivity contribution in [3.8, 4) is 0 Å². The van der Waals surface area contributed by atoms with Crippen molar-refractivity contribution in [1.82, 2.24) is 4.90 Å². The first-order chi connectivity index (χ1) is 11.5. The molecule has 2 saturated heterocycles. The van der Waals surface area contributed by atoms with Gasteiger partial charge in [0.25, 0.3) is 5.91 Å². The van der Waals surface area contributed by atoms with E-state index in [1.165, 1.54) is 24.9 Å². The maximum absolute atomic E-state index is 12.2. The number of piperidine rings is 1. The van der Waals surface area contributed by atoms with E-state index in [1.54, 1.807) is 6.08 Å². The van der Waals surface area contributed by atoms with Crippen molar-refractivity contribution in [3.05, 3.63) is 34.7 Å². The number of carbonyl (C=O) groups is 2. The number of anilines is 1. The Morgan fingerprint density at radius 3 is 2.50 bits per heavy atom. The quantitative estimate of drug-likeness (QED) is 0.600. The monoisotopic (exact) mass is 361 g/mol. The van der Waals surface area contributed by atoms with Crippen molar-refractivity contribution in [1.29, 1.82) is 0 Å². The summed E-state index contributed by atoms with van der Waals surface area (Å²) in [6.07, 6.45) is 5.49. The Kier molecular flexibility index (Phi) is 5.20. The molecule has 0 N–H and O–H groups in total. The summed E-state index contributed by atoms with van der Waals surface area (Å²) in [4.78, 5) is 26.8. The number of carboxylic acids is 1. The van der Waals surface area contributed by atoms with Crippen LogP contribution in [0.5, 0.6) is 0 Å². The molecule has 1 amide bonds. The minimum atomic E-state index is -1.32. The topological polar surface area (TPSA) is 63.7 Å². The van der Waals surface area contributed by atoms with Crippen molar-refractivity contribution in [2.24, 2.45) is 0 Å². The average Bonchev–Trinajstić information content (AvgIpc) is 2.83. The van der Waals surface area contributed by atoms with Crippen LogP contribution in [0.15, 0.2) is 29.2 Å². The molecule has 0 unspecified atom stereocenters. The Balaban J connectivity index is 1.73. The minimum Gasteiger partial charge on any atom is -0.548 e. The van der Waals surface area contributed by atoms with Gasteiger partial charge in [0.05, 0.1) is 17.4 Å². The van der Waals surface area contributed by atoms with E-state index in [-0.39, 0.29) is 10.2 Å². The number of hydrogen-bond donors (Lipinski definition) is 0. The van der Waals surface area contributed by atoms with E-state index in [0.717, 1.165) is 35.3 Å². The number of carbonyl (C=O) groups excluding carboxylic acids is 2. The highest BCUT2D eigenvalue weighted by Crippen LogP contribution is 2.32. The largest absolute Gasteiger partial charge is 0.548 e. The first-order valence-corrected chi connectivity index (χ1v) is 9.07. The summed E-state index contributed by atoms with van der Waals surface area (Å²) in [7, 11) is 0. The van der Waals surface area contributed by atoms with Gasteiger partial charge in [-0.15, -0.1) is 0 Å².